The van der Waals surface area contributed by atoms with Gasteiger partial charge in [0.25, 0.3) is 0 Å². The van der Waals surface area contributed by atoms with Gasteiger partial charge in [0.05, 0.1) is 13.2 Å². The van der Waals surface area contributed by atoms with Gasteiger partial charge in [-0.25, -0.2) is 4.79 Å². The largest absolute Gasteiger partial charge is 0.380 e. The van der Waals surface area contributed by atoms with E-state index in [-0.39, 0.29) is 11.4 Å². The number of hydrogen-bond acceptors (Lipinski definition) is 4. The summed E-state index contributed by atoms with van der Waals surface area (Å²) >= 11 is 0. The van der Waals surface area contributed by atoms with Crippen molar-refractivity contribution in [2.45, 2.75) is 13.8 Å². The van der Waals surface area contributed by atoms with Crippen molar-refractivity contribution in [1.82, 2.24) is 9.80 Å². The first-order valence-electron chi connectivity index (χ1n) is 9.62. The van der Waals surface area contributed by atoms with Crippen molar-refractivity contribution in [3.63, 3.8) is 0 Å². The number of hydrogen-bond donors (Lipinski definition) is 1. The zero-order valence-corrected chi connectivity index (χ0v) is 16.1. The highest BCUT2D eigenvalue weighted by atomic mass is 16.5. The number of ether oxygens (including phenoxy) is 1. The maximum atomic E-state index is 12.7. The van der Waals surface area contributed by atoms with Gasteiger partial charge in [0.1, 0.15) is 0 Å². The van der Waals surface area contributed by atoms with Crippen LogP contribution in [-0.4, -0.2) is 75.4 Å². The summed E-state index contributed by atoms with van der Waals surface area (Å²) in [4.78, 5) is 19.4. The summed E-state index contributed by atoms with van der Waals surface area (Å²) in [7, 11) is 2.17. The molecule has 142 valence electrons. The number of carbonyl (C=O) groups excluding carboxylic acids is 1. The van der Waals surface area contributed by atoms with Crippen molar-refractivity contribution in [2.24, 2.45) is 11.3 Å². The standard InChI is InChI=1S/C20H30N4O2/c1-15-10-17(4-5-18(15)23-8-6-22(3)7-9-23)21-19(25)24-11-16-12-26-14-20(16,2)13-24/h4-5,10,16H,6-9,11-14H2,1-3H3,(H,21,25). The number of fused-ring (bicyclic) bond motifs is 1. The monoisotopic (exact) mass is 358 g/mol. The molecule has 0 aromatic heterocycles. The molecule has 3 fully saturated rings. The SMILES string of the molecule is Cc1cc(NC(=O)N2CC3COCC3(C)C2)ccc1N1CCN(C)CC1. The van der Waals surface area contributed by atoms with Gasteiger partial charge in [-0.05, 0) is 37.7 Å². The lowest BCUT2D eigenvalue weighted by molar-refractivity contribution is 0.140. The van der Waals surface area contributed by atoms with Gasteiger partial charge in [-0.3, -0.25) is 0 Å². The van der Waals surface area contributed by atoms with Gasteiger partial charge >= 0.3 is 6.03 Å². The molecule has 2 atom stereocenters. The van der Waals surface area contributed by atoms with Crippen molar-refractivity contribution in [1.29, 1.82) is 0 Å². The number of anilines is 2. The fraction of sp³-hybridized carbons (Fsp3) is 0.650. The van der Waals surface area contributed by atoms with Crippen LogP contribution in [0.5, 0.6) is 0 Å². The number of rotatable bonds is 2. The number of piperazine rings is 1. The normalized spacial score (nSPS) is 29.1. The van der Waals surface area contributed by atoms with Gasteiger partial charge < -0.3 is 24.8 Å². The number of nitrogens with one attached hydrogen (secondary N) is 1. The summed E-state index contributed by atoms with van der Waals surface area (Å²) in [6, 6.07) is 6.27. The molecule has 6 heteroatoms. The van der Waals surface area contributed by atoms with Crippen molar-refractivity contribution < 1.29 is 9.53 Å². The average molecular weight is 358 g/mol. The fourth-order valence-electron chi connectivity index (χ4n) is 4.46. The molecule has 1 aromatic carbocycles. The van der Waals surface area contributed by atoms with E-state index in [0.29, 0.717) is 5.92 Å². The Morgan fingerprint density at radius 1 is 1.27 bits per heavy atom. The Hall–Kier alpha value is -1.79. The van der Waals surface area contributed by atoms with Crippen LogP contribution in [0.1, 0.15) is 12.5 Å². The Labute approximate surface area is 156 Å². The van der Waals surface area contributed by atoms with Crippen molar-refractivity contribution in [2.75, 3.05) is 69.7 Å². The number of urea groups is 1. The van der Waals surface area contributed by atoms with Gasteiger partial charge in [0.2, 0.25) is 0 Å². The predicted molar refractivity (Wildman–Crippen MR) is 104 cm³/mol. The number of aryl methyl sites for hydroxylation is 1. The van der Waals surface area contributed by atoms with E-state index in [1.807, 2.05) is 11.0 Å². The first-order chi connectivity index (χ1) is 12.4. The Morgan fingerprint density at radius 3 is 2.73 bits per heavy atom. The van der Waals surface area contributed by atoms with Crippen LogP contribution in [-0.2, 0) is 4.74 Å². The lowest BCUT2D eigenvalue weighted by Gasteiger charge is -2.35. The summed E-state index contributed by atoms with van der Waals surface area (Å²) in [5.41, 5.74) is 3.49. The minimum atomic E-state index is 0.00683. The molecule has 1 N–H and O–H groups in total. The van der Waals surface area contributed by atoms with E-state index >= 15 is 0 Å². The first-order valence-corrected chi connectivity index (χ1v) is 9.62. The highest BCUT2D eigenvalue weighted by Crippen LogP contribution is 2.40. The van der Waals surface area contributed by atoms with Gasteiger partial charge in [-0.1, -0.05) is 6.92 Å². The van der Waals surface area contributed by atoms with Crippen LogP contribution in [0.25, 0.3) is 0 Å². The second-order valence-corrected chi connectivity index (χ2v) is 8.47. The van der Waals surface area contributed by atoms with Crippen molar-refractivity contribution >= 4 is 17.4 Å². The number of nitrogens with zero attached hydrogens (tertiary/aromatic N) is 3. The van der Waals surface area contributed by atoms with Crippen molar-refractivity contribution in [3.8, 4) is 0 Å². The lowest BCUT2D eigenvalue weighted by Crippen LogP contribution is -2.44. The molecule has 0 saturated carbocycles. The van der Waals surface area contributed by atoms with E-state index in [4.69, 9.17) is 4.74 Å². The summed E-state index contributed by atoms with van der Waals surface area (Å²) < 4.78 is 5.59. The maximum Gasteiger partial charge on any atom is 0.321 e. The molecule has 3 aliphatic rings. The third-order valence-corrected chi connectivity index (χ3v) is 6.31. The molecule has 4 rings (SSSR count). The maximum absolute atomic E-state index is 12.7. The minimum absolute atomic E-state index is 0.00683. The molecule has 3 saturated heterocycles. The van der Waals surface area contributed by atoms with Gasteiger partial charge in [0.15, 0.2) is 0 Å². The van der Waals surface area contributed by atoms with Crippen LogP contribution in [0.4, 0.5) is 16.2 Å². The number of likely N-dealkylation sites (tertiary alicyclic amines) is 1. The van der Waals surface area contributed by atoms with Crippen LogP contribution in [0, 0.1) is 18.3 Å². The third-order valence-electron chi connectivity index (χ3n) is 6.31. The molecule has 0 spiro atoms. The predicted octanol–water partition coefficient (Wildman–Crippen LogP) is 2.25. The molecule has 3 aliphatic heterocycles. The molecular weight excluding hydrogens is 328 g/mol. The molecule has 6 nitrogen and oxygen atoms in total. The van der Waals surface area contributed by atoms with E-state index < -0.39 is 0 Å². The smallest absolute Gasteiger partial charge is 0.321 e. The zero-order valence-electron chi connectivity index (χ0n) is 16.1. The molecule has 0 bridgehead atoms. The van der Waals surface area contributed by atoms with Crippen molar-refractivity contribution in [3.05, 3.63) is 23.8 Å². The molecule has 0 aliphatic carbocycles. The highest BCUT2D eigenvalue weighted by Gasteiger charge is 2.48. The Bertz CT molecular complexity index is 686. The Balaban J connectivity index is 1.39. The highest BCUT2D eigenvalue weighted by molar-refractivity contribution is 5.90. The molecule has 2 unspecified atom stereocenters. The Kier molecular flexibility index (Phi) is 4.57. The Morgan fingerprint density at radius 2 is 2.04 bits per heavy atom. The van der Waals surface area contributed by atoms with E-state index in [2.05, 4.69) is 48.1 Å². The van der Waals surface area contributed by atoms with Crippen LogP contribution in [0.3, 0.4) is 0 Å². The summed E-state index contributed by atoms with van der Waals surface area (Å²) in [6.07, 6.45) is 0. The van der Waals surface area contributed by atoms with Gasteiger partial charge in [-0.2, -0.15) is 0 Å². The average Bonchev–Trinajstić information content (AvgIpc) is 3.11. The molecule has 1 aromatic rings. The van der Waals surface area contributed by atoms with Crippen LogP contribution < -0.4 is 10.2 Å². The minimum Gasteiger partial charge on any atom is -0.380 e. The molecule has 26 heavy (non-hydrogen) atoms. The molecule has 0 radical (unpaired) electrons. The number of carbonyl (C=O) groups is 1. The quantitative estimate of drug-likeness (QED) is 0.881. The van der Waals surface area contributed by atoms with Crippen LogP contribution >= 0.6 is 0 Å². The van der Waals surface area contributed by atoms with E-state index in [0.717, 1.165) is 58.2 Å². The summed E-state index contributed by atoms with van der Waals surface area (Å²) in [6.45, 7) is 11.8. The third kappa shape index (κ3) is 3.28. The topological polar surface area (TPSA) is 48.1 Å². The van der Waals surface area contributed by atoms with E-state index in [1.165, 1.54) is 11.3 Å². The first kappa shape index (κ1) is 17.6. The number of benzene rings is 1. The molecular formula is C20H30N4O2. The van der Waals surface area contributed by atoms with Crippen LogP contribution in [0.15, 0.2) is 18.2 Å². The number of likely N-dealkylation sites (N-methyl/N-ethyl adjacent to an activating group) is 1. The van der Waals surface area contributed by atoms with Gasteiger partial charge in [0, 0.05) is 62.0 Å². The number of amides is 2. The fourth-order valence-corrected chi connectivity index (χ4v) is 4.46. The second kappa shape index (κ2) is 6.74. The summed E-state index contributed by atoms with van der Waals surface area (Å²) in [5.74, 6) is 0.467. The van der Waals surface area contributed by atoms with Crippen LogP contribution in [0.2, 0.25) is 0 Å². The second-order valence-electron chi connectivity index (χ2n) is 8.47. The lowest BCUT2D eigenvalue weighted by atomic mass is 9.83. The zero-order chi connectivity index (χ0) is 18.3. The van der Waals surface area contributed by atoms with E-state index in [9.17, 15) is 4.79 Å². The molecule has 2 amide bonds. The van der Waals surface area contributed by atoms with Gasteiger partial charge in [-0.15, -0.1) is 0 Å². The van der Waals surface area contributed by atoms with E-state index in [1.54, 1.807) is 0 Å². The summed E-state index contributed by atoms with van der Waals surface area (Å²) in [5, 5.41) is 3.09. The molecule has 3 heterocycles.